The molecule has 1 N–H and O–H groups in total. The fourth-order valence-corrected chi connectivity index (χ4v) is 2.41. The van der Waals surface area contributed by atoms with Crippen LogP contribution in [0.4, 0.5) is 0 Å². The highest BCUT2D eigenvalue weighted by Gasteiger charge is 1.99. The molecule has 1 amide bonds. The van der Waals surface area contributed by atoms with Crippen LogP contribution in [-0.4, -0.2) is 5.91 Å². The molecule has 0 aliphatic carbocycles. The quantitative estimate of drug-likeness (QED) is 0.717. The van der Waals surface area contributed by atoms with Gasteiger partial charge in [-0.15, -0.1) is 0 Å². The first-order chi connectivity index (χ1) is 10.8. The second-order valence-electron chi connectivity index (χ2n) is 5.11. The molecule has 0 heterocycles. The zero-order valence-electron chi connectivity index (χ0n) is 12.2. The van der Waals surface area contributed by atoms with Crippen LogP contribution in [0.1, 0.15) is 11.1 Å². The van der Waals surface area contributed by atoms with Crippen LogP contribution >= 0.6 is 0 Å². The molecule has 0 saturated heterocycles. The molecular weight excluding hydrogens is 270 g/mol. The number of fused-ring (bicyclic) bond motifs is 1. The van der Waals surface area contributed by atoms with Crippen molar-refractivity contribution >= 4 is 22.8 Å². The van der Waals surface area contributed by atoms with E-state index in [2.05, 4.69) is 23.5 Å². The SMILES string of the molecule is O=C(/C=C/c1cccc2ccccc12)NCc1ccccc1. The zero-order valence-corrected chi connectivity index (χ0v) is 12.2. The van der Waals surface area contributed by atoms with Crippen LogP contribution in [-0.2, 0) is 11.3 Å². The van der Waals surface area contributed by atoms with Gasteiger partial charge >= 0.3 is 0 Å². The maximum absolute atomic E-state index is 11.9. The standard InChI is InChI=1S/C20H17NO/c22-20(21-15-16-7-2-1-3-8-16)14-13-18-11-6-10-17-9-4-5-12-19(17)18/h1-14H,15H2,(H,21,22)/b14-13+. The van der Waals surface area contributed by atoms with Gasteiger partial charge in [0.2, 0.25) is 5.91 Å². The molecule has 3 aromatic rings. The lowest BCUT2D eigenvalue weighted by Gasteiger charge is -2.03. The van der Waals surface area contributed by atoms with Crippen molar-refractivity contribution in [3.8, 4) is 0 Å². The van der Waals surface area contributed by atoms with Crippen molar-refractivity contribution in [2.24, 2.45) is 0 Å². The van der Waals surface area contributed by atoms with E-state index in [1.54, 1.807) is 6.08 Å². The number of benzene rings is 3. The third kappa shape index (κ3) is 3.41. The van der Waals surface area contributed by atoms with E-state index in [-0.39, 0.29) is 5.91 Å². The fraction of sp³-hybridized carbons (Fsp3) is 0.0500. The lowest BCUT2D eigenvalue weighted by molar-refractivity contribution is -0.116. The minimum atomic E-state index is -0.0863. The third-order valence-electron chi connectivity index (χ3n) is 3.55. The minimum absolute atomic E-state index is 0.0863. The number of carbonyl (C=O) groups is 1. The molecule has 22 heavy (non-hydrogen) atoms. The lowest BCUT2D eigenvalue weighted by atomic mass is 10.0. The second-order valence-corrected chi connectivity index (χ2v) is 5.11. The van der Waals surface area contributed by atoms with E-state index in [1.165, 1.54) is 5.39 Å². The summed E-state index contributed by atoms with van der Waals surface area (Å²) >= 11 is 0. The summed E-state index contributed by atoms with van der Waals surface area (Å²) in [5.74, 6) is -0.0863. The molecule has 2 nitrogen and oxygen atoms in total. The molecule has 0 spiro atoms. The molecule has 3 aromatic carbocycles. The van der Waals surface area contributed by atoms with E-state index >= 15 is 0 Å². The Bertz CT molecular complexity index is 801. The molecule has 0 bridgehead atoms. The molecule has 0 saturated carbocycles. The summed E-state index contributed by atoms with van der Waals surface area (Å²) < 4.78 is 0. The zero-order chi connectivity index (χ0) is 15.2. The Morgan fingerprint density at radius 3 is 2.45 bits per heavy atom. The van der Waals surface area contributed by atoms with Crippen LogP contribution in [0.25, 0.3) is 16.8 Å². The molecule has 0 aliphatic heterocycles. The summed E-state index contributed by atoms with van der Waals surface area (Å²) in [6, 6.07) is 24.1. The molecule has 0 aromatic heterocycles. The summed E-state index contributed by atoms with van der Waals surface area (Å²) in [7, 11) is 0. The maximum atomic E-state index is 11.9. The van der Waals surface area contributed by atoms with Crippen molar-refractivity contribution in [3.05, 3.63) is 90.0 Å². The highest BCUT2D eigenvalue weighted by Crippen LogP contribution is 2.19. The van der Waals surface area contributed by atoms with Gasteiger partial charge < -0.3 is 5.32 Å². The van der Waals surface area contributed by atoms with E-state index in [0.29, 0.717) is 6.54 Å². The van der Waals surface area contributed by atoms with E-state index in [0.717, 1.165) is 16.5 Å². The van der Waals surface area contributed by atoms with Crippen molar-refractivity contribution in [2.75, 3.05) is 0 Å². The molecule has 2 heteroatoms. The monoisotopic (exact) mass is 287 g/mol. The van der Waals surface area contributed by atoms with Crippen molar-refractivity contribution in [2.45, 2.75) is 6.54 Å². The van der Waals surface area contributed by atoms with Crippen LogP contribution in [0.2, 0.25) is 0 Å². The van der Waals surface area contributed by atoms with Gasteiger partial charge in [-0.1, -0.05) is 72.8 Å². The Hall–Kier alpha value is -2.87. The lowest BCUT2D eigenvalue weighted by Crippen LogP contribution is -2.20. The van der Waals surface area contributed by atoms with Gasteiger partial charge in [0.15, 0.2) is 0 Å². The Balaban J connectivity index is 1.69. The average Bonchev–Trinajstić information content (AvgIpc) is 2.59. The van der Waals surface area contributed by atoms with Crippen LogP contribution in [0.15, 0.2) is 78.9 Å². The second kappa shape index (κ2) is 6.72. The van der Waals surface area contributed by atoms with E-state index in [1.807, 2.05) is 60.7 Å². The molecule has 0 fully saturated rings. The van der Waals surface area contributed by atoms with Gasteiger partial charge in [-0.3, -0.25) is 4.79 Å². The Kier molecular flexibility index (Phi) is 4.30. The molecule has 0 unspecified atom stereocenters. The highest BCUT2D eigenvalue weighted by molar-refractivity contribution is 5.96. The summed E-state index contributed by atoms with van der Waals surface area (Å²) in [5, 5.41) is 5.22. The summed E-state index contributed by atoms with van der Waals surface area (Å²) in [6.07, 6.45) is 3.45. The summed E-state index contributed by atoms with van der Waals surface area (Å²) in [6.45, 7) is 0.541. The number of carbonyl (C=O) groups excluding carboxylic acids is 1. The number of hydrogen-bond donors (Lipinski definition) is 1. The van der Waals surface area contributed by atoms with Gasteiger partial charge in [0, 0.05) is 12.6 Å². The topological polar surface area (TPSA) is 29.1 Å². The third-order valence-corrected chi connectivity index (χ3v) is 3.55. The minimum Gasteiger partial charge on any atom is -0.348 e. The molecule has 108 valence electrons. The Morgan fingerprint density at radius 1 is 0.864 bits per heavy atom. The van der Waals surface area contributed by atoms with Gasteiger partial charge in [-0.25, -0.2) is 0 Å². The van der Waals surface area contributed by atoms with Gasteiger partial charge in [-0.05, 0) is 28.0 Å². The van der Waals surface area contributed by atoms with Crippen LogP contribution < -0.4 is 5.32 Å². The Labute approximate surface area is 130 Å². The molecular formula is C20H17NO. The number of hydrogen-bond acceptors (Lipinski definition) is 1. The predicted octanol–water partition coefficient (Wildman–Crippen LogP) is 4.17. The molecule has 0 atom stereocenters. The van der Waals surface area contributed by atoms with Crippen LogP contribution in [0.5, 0.6) is 0 Å². The predicted molar refractivity (Wildman–Crippen MR) is 91.3 cm³/mol. The largest absolute Gasteiger partial charge is 0.348 e. The van der Waals surface area contributed by atoms with E-state index in [9.17, 15) is 4.79 Å². The first kappa shape index (κ1) is 14.1. The Morgan fingerprint density at radius 2 is 1.59 bits per heavy atom. The first-order valence-corrected chi connectivity index (χ1v) is 7.30. The van der Waals surface area contributed by atoms with Crippen molar-refractivity contribution in [3.63, 3.8) is 0 Å². The number of rotatable bonds is 4. The van der Waals surface area contributed by atoms with Gasteiger partial charge in [0.1, 0.15) is 0 Å². The van der Waals surface area contributed by atoms with Gasteiger partial charge in [0.05, 0.1) is 0 Å². The van der Waals surface area contributed by atoms with Gasteiger partial charge in [-0.2, -0.15) is 0 Å². The fourth-order valence-electron chi connectivity index (χ4n) is 2.41. The van der Waals surface area contributed by atoms with Crippen molar-refractivity contribution < 1.29 is 4.79 Å². The maximum Gasteiger partial charge on any atom is 0.244 e. The first-order valence-electron chi connectivity index (χ1n) is 7.30. The smallest absolute Gasteiger partial charge is 0.244 e. The van der Waals surface area contributed by atoms with E-state index in [4.69, 9.17) is 0 Å². The summed E-state index contributed by atoms with van der Waals surface area (Å²) in [5.41, 5.74) is 2.14. The number of nitrogens with one attached hydrogen (secondary N) is 1. The van der Waals surface area contributed by atoms with Crippen LogP contribution in [0, 0.1) is 0 Å². The number of amides is 1. The van der Waals surface area contributed by atoms with Crippen LogP contribution in [0.3, 0.4) is 0 Å². The molecule has 0 aliphatic rings. The normalized spacial score (nSPS) is 10.9. The van der Waals surface area contributed by atoms with Crippen molar-refractivity contribution in [1.82, 2.24) is 5.32 Å². The average molecular weight is 287 g/mol. The molecule has 3 rings (SSSR count). The van der Waals surface area contributed by atoms with Gasteiger partial charge in [0.25, 0.3) is 0 Å². The molecule has 0 radical (unpaired) electrons. The van der Waals surface area contributed by atoms with Crippen molar-refractivity contribution in [1.29, 1.82) is 0 Å². The highest BCUT2D eigenvalue weighted by atomic mass is 16.1. The van der Waals surface area contributed by atoms with E-state index < -0.39 is 0 Å². The summed E-state index contributed by atoms with van der Waals surface area (Å²) in [4.78, 5) is 11.9.